The summed E-state index contributed by atoms with van der Waals surface area (Å²) in [6.07, 6.45) is 2.31. The summed E-state index contributed by atoms with van der Waals surface area (Å²) in [7, 11) is 0. The number of carboxylic acids is 1. The van der Waals surface area contributed by atoms with Gasteiger partial charge in [-0.1, -0.05) is 6.92 Å². The molecule has 2 aliphatic rings. The minimum absolute atomic E-state index is 0.0376. The van der Waals surface area contributed by atoms with E-state index in [-0.39, 0.29) is 42.4 Å². The fourth-order valence-corrected chi connectivity index (χ4v) is 3.15. The molecular formula is C14H22N2O4. The highest BCUT2D eigenvalue weighted by molar-refractivity contribution is 5.89. The molecule has 0 saturated carbocycles. The molecule has 3 atom stereocenters. The van der Waals surface area contributed by atoms with Gasteiger partial charge in [-0.3, -0.25) is 14.4 Å². The van der Waals surface area contributed by atoms with E-state index in [1.165, 1.54) is 0 Å². The maximum atomic E-state index is 12.4. The smallest absolute Gasteiger partial charge is 0.303 e. The standard InChI is InChI=1S/C14H22N2O4/c1-9(5-13(18)19)10-3-2-4-16(8-10)14(20)11-6-12(17)15-7-11/h9-11H,2-8H2,1H3,(H,15,17)(H,18,19). The normalized spacial score (nSPS) is 28.1. The molecule has 3 unspecified atom stereocenters. The molecule has 0 radical (unpaired) electrons. The Bertz CT molecular complexity index is 410. The third-order valence-corrected chi connectivity index (χ3v) is 4.40. The first-order valence-corrected chi connectivity index (χ1v) is 7.24. The number of likely N-dealkylation sites (tertiary alicyclic amines) is 1. The summed E-state index contributed by atoms with van der Waals surface area (Å²) in [5, 5.41) is 11.6. The molecule has 6 nitrogen and oxygen atoms in total. The Kier molecular flexibility index (Phi) is 4.62. The third-order valence-electron chi connectivity index (χ3n) is 4.40. The van der Waals surface area contributed by atoms with E-state index in [0.29, 0.717) is 13.1 Å². The second-order valence-electron chi connectivity index (χ2n) is 5.97. The molecule has 0 aromatic rings. The lowest BCUT2D eigenvalue weighted by Gasteiger charge is -2.36. The van der Waals surface area contributed by atoms with E-state index < -0.39 is 5.97 Å². The van der Waals surface area contributed by atoms with Gasteiger partial charge in [0, 0.05) is 32.5 Å². The van der Waals surface area contributed by atoms with Crippen molar-refractivity contribution < 1.29 is 19.5 Å². The summed E-state index contributed by atoms with van der Waals surface area (Å²) >= 11 is 0. The van der Waals surface area contributed by atoms with Gasteiger partial charge in [-0.2, -0.15) is 0 Å². The summed E-state index contributed by atoms with van der Waals surface area (Å²) in [5.74, 6) is -0.727. The quantitative estimate of drug-likeness (QED) is 0.785. The van der Waals surface area contributed by atoms with Crippen LogP contribution in [-0.4, -0.2) is 47.4 Å². The molecule has 6 heteroatoms. The van der Waals surface area contributed by atoms with E-state index in [9.17, 15) is 14.4 Å². The van der Waals surface area contributed by atoms with Gasteiger partial charge in [-0.05, 0) is 24.7 Å². The van der Waals surface area contributed by atoms with Gasteiger partial charge in [0.25, 0.3) is 0 Å². The monoisotopic (exact) mass is 282 g/mol. The van der Waals surface area contributed by atoms with Gasteiger partial charge in [0.05, 0.1) is 5.92 Å². The zero-order valence-electron chi connectivity index (χ0n) is 11.8. The molecule has 2 aliphatic heterocycles. The molecule has 0 spiro atoms. The predicted molar refractivity (Wildman–Crippen MR) is 71.8 cm³/mol. The number of amides is 2. The number of carbonyl (C=O) groups excluding carboxylic acids is 2. The Morgan fingerprint density at radius 3 is 2.85 bits per heavy atom. The van der Waals surface area contributed by atoms with Crippen LogP contribution in [0.5, 0.6) is 0 Å². The number of nitrogens with one attached hydrogen (secondary N) is 1. The lowest BCUT2D eigenvalue weighted by atomic mass is 9.84. The summed E-state index contributed by atoms with van der Waals surface area (Å²) in [5.41, 5.74) is 0. The fraction of sp³-hybridized carbons (Fsp3) is 0.786. The Balaban J connectivity index is 1.91. The van der Waals surface area contributed by atoms with Crippen molar-refractivity contribution in [3.05, 3.63) is 0 Å². The van der Waals surface area contributed by atoms with Crippen molar-refractivity contribution >= 4 is 17.8 Å². The predicted octanol–water partition coefficient (Wildman–Crippen LogP) is 0.472. The summed E-state index contributed by atoms with van der Waals surface area (Å²) in [6.45, 7) is 3.72. The van der Waals surface area contributed by atoms with Crippen LogP contribution in [0.2, 0.25) is 0 Å². The number of piperidine rings is 1. The number of nitrogens with zero attached hydrogens (tertiary/aromatic N) is 1. The fourth-order valence-electron chi connectivity index (χ4n) is 3.15. The van der Waals surface area contributed by atoms with Crippen LogP contribution in [0, 0.1) is 17.8 Å². The largest absolute Gasteiger partial charge is 0.481 e. The maximum absolute atomic E-state index is 12.4. The topological polar surface area (TPSA) is 86.7 Å². The van der Waals surface area contributed by atoms with Crippen LogP contribution < -0.4 is 5.32 Å². The van der Waals surface area contributed by atoms with Crippen molar-refractivity contribution in [2.45, 2.75) is 32.6 Å². The number of hydrogen-bond acceptors (Lipinski definition) is 3. The van der Waals surface area contributed by atoms with E-state index in [0.717, 1.165) is 19.4 Å². The van der Waals surface area contributed by atoms with E-state index in [1.54, 1.807) is 0 Å². The minimum atomic E-state index is -0.786. The number of hydrogen-bond donors (Lipinski definition) is 2. The average Bonchev–Trinajstić information content (AvgIpc) is 2.84. The lowest BCUT2D eigenvalue weighted by molar-refractivity contribution is -0.139. The zero-order valence-corrected chi connectivity index (χ0v) is 11.8. The number of aliphatic carboxylic acids is 1. The summed E-state index contributed by atoms with van der Waals surface area (Å²) in [6, 6.07) is 0. The van der Waals surface area contributed by atoms with E-state index in [2.05, 4.69) is 5.32 Å². The minimum Gasteiger partial charge on any atom is -0.481 e. The van der Waals surface area contributed by atoms with Crippen molar-refractivity contribution in [3.8, 4) is 0 Å². The van der Waals surface area contributed by atoms with Gasteiger partial charge in [0.1, 0.15) is 0 Å². The van der Waals surface area contributed by atoms with Gasteiger partial charge in [-0.25, -0.2) is 0 Å². The molecule has 112 valence electrons. The van der Waals surface area contributed by atoms with Crippen LogP contribution in [0.3, 0.4) is 0 Å². The Hall–Kier alpha value is -1.59. The van der Waals surface area contributed by atoms with E-state index in [4.69, 9.17) is 5.11 Å². The first kappa shape index (κ1) is 14.8. The van der Waals surface area contributed by atoms with Crippen LogP contribution in [-0.2, 0) is 14.4 Å². The molecule has 2 heterocycles. The van der Waals surface area contributed by atoms with Gasteiger partial charge < -0.3 is 15.3 Å². The zero-order chi connectivity index (χ0) is 14.7. The van der Waals surface area contributed by atoms with Crippen LogP contribution in [0.25, 0.3) is 0 Å². The Morgan fingerprint density at radius 2 is 2.25 bits per heavy atom. The van der Waals surface area contributed by atoms with E-state index >= 15 is 0 Å². The molecular weight excluding hydrogens is 260 g/mol. The molecule has 0 aromatic carbocycles. The Morgan fingerprint density at radius 1 is 1.50 bits per heavy atom. The van der Waals surface area contributed by atoms with E-state index in [1.807, 2.05) is 11.8 Å². The van der Waals surface area contributed by atoms with Crippen molar-refractivity contribution in [2.24, 2.45) is 17.8 Å². The SMILES string of the molecule is CC(CC(=O)O)C1CCCN(C(=O)C2CNC(=O)C2)C1. The molecule has 0 aromatic heterocycles. The number of carboxylic acid groups (broad SMARTS) is 1. The molecule has 2 N–H and O–H groups in total. The van der Waals surface area contributed by atoms with Gasteiger partial charge in [-0.15, -0.1) is 0 Å². The highest BCUT2D eigenvalue weighted by Gasteiger charge is 2.34. The highest BCUT2D eigenvalue weighted by atomic mass is 16.4. The molecule has 2 amide bonds. The Labute approximate surface area is 118 Å². The molecule has 0 aliphatic carbocycles. The third kappa shape index (κ3) is 3.49. The maximum Gasteiger partial charge on any atom is 0.303 e. The second-order valence-corrected chi connectivity index (χ2v) is 5.97. The second kappa shape index (κ2) is 6.24. The average molecular weight is 282 g/mol. The molecule has 0 bridgehead atoms. The highest BCUT2D eigenvalue weighted by Crippen LogP contribution is 2.27. The van der Waals surface area contributed by atoms with Gasteiger partial charge >= 0.3 is 5.97 Å². The first-order chi connectivity index (χ1) is 9.47. The van der Waals surface area contributed by atoms with Crippen LogP contribution in [0.15, 0.2) is 0 Å². The molecule has 2 rings (SSSR count). The van der Waals surface area contributed by atoms with Crippen LogP contribution >= 0.6 is 0 Å². The van der Waals surface area contributed by atoms with Crippen molar-refractivity contribution in [1.82, 2.24) is 10.2 Å². The number of rotatable bonds is 4. The van der Waals surface area contributed by atoms with Crippen molar-refractivity contribution in [1.29, 1.82) is 0 Å². The molecule has 2 saturated heterocycles. The lowest BCUT2D eigenvalue weighted by Crippen LogP contribution is -2.45. The van der Waals surface area contributed by atoms with Crippen molar-refractivity contribution in [2.75, 3.05) is 19.6 Å². The van der Waals surface area contributed by atoms with Crippen LogP contribution in [0.4, 0.5) is 0 Å². The molecule has 20 heavy (non-hydrogen) atoms. The number of carbonyl (C=O) groups is 3. The van der Waals surface area contributed by atoms with Gasteiger partial charge in [0.15, 0.2) is 0 Å². The summed E-state index contributed by atoms with van der Waals surface area (Å²) < 4.78 is 0. The summed E-state index contributed by atoms with van der Waals surface area (Å²) in [4.78, 5) is 36.1. The van der Waals surface area contributed by atoms with Crippen LogP contribution in [0.1, 0.15) is 32.6 Å². The van der Waals surface area contributed by atoms with Crippen molar-refractivity contribution in [3.63, 3.8) is 0 Å². The molecule has 2 fully saturated rings. The van der Waals surface area contributed by atoms with Gasteiger partial charge in [0.2, 0.25) is 11.8 Å². The first-order valence-electron chi connectivity index (χ1n) is 7.24.